The molecule has 2 unspecified atom stereocenters. The van der Waals surface area contributed by atoms with Gasteiger partial charge in [0.1, 0.15) is 5.82 Å². The van der Waals surface area contributed by atoms with Crippen molar-refractivity contribution in [2.75, 3.05) is 0 Å². The van der Waals surface area contributed by atoms with Gasteiger partial charge in [-0.05, 0) is 53.7 Å². The number of hydrogen-bond donors (Lipinski definition) is 2. The Labute approximate surface area is 120 Å². The molecule has 2 heterocycles. The predicted octanol–water partition coefficient (Wildman–Crippen LogP) is 2.60. The molecule has 2 aliphatic heterocycles. The number of benzene rings is 1. The summed E-state index contributed by atoms with van der Waals surface area (Å²) in [7, 11) is 0. The zero-order valence-corrected chi connectivity index (χ0v) is 12.0. The molecular formula is C14H16BrFN2O. The predicted molar refractivity (Wildman–Crippen MR) is 74.5 cm³/mol. The van der Waals surface area contributed by atoms with Crippen molar-refractivity contribution in [2.45, 2.75) is 43.8 Å². The molecular weight excluding hydrogens is 311 g/mol. The molecule has 2 saturated heterocycles. The van der Waals surface area contributed by atoms with Crippen molar-refractivity contribution in [1.82, 2.24) is 10.6 Å². The zero-order chi connectivity index (χ0) is 13.4. The summed E-state index contributed by atoms with van der Waals surface area (Å²) in [5.41, 5.74) is 0.105. The van der Waals surface area contributed by atoms with Gasteiger partial charge in [-0.2, -0.15) is 0 Å². The highest BCUT2D eigenvalue weighted by Crippen LogP contribution is 2.27. The number of hydrogen-bond acceptors (Lipinski definition) is 2. The molecule has 3 nitrogen and oxygen atoms in total. The molecule has 5 heteroatoms. The van der Waals surface area contributed by atoms with Crippen LogP contribution in [0.15, 0.2) is 22.7 Å². The number of fused-ring (bicyclic) bond motifs is 2. The number of nitrogens with one attached hydrogen (secondary N) is 2. The van der Waals surface area contributed by atoms with Crippen LogP contribution in [0.3, 0.4) is 0 Å². The maximum absolute atomic E-state index is 13.7. The molecule has 2 N–H and O–H groups in total. The number of carbonyl (C=O) groups excluding carboxylic acids is 1. The number of amides is 1. The largest absolute Gasteiger partial charge is 0.349 e. The molecule has 2 bridgehead atoms. The van der Waals surface area contributed by atoms with Crippen LogP contribution in [0.2, 0.25) is 0 Å². The molecule has 0 radical (unpaired) electrons. The van der Waals surface area contributed by atoms with E-state index in [1.165, 1.54) is 18.9 Å². The van der Waals surface area contributed by atoms with Gasteiger partial charge in [0, 0.05) is 22.6 Å². The minimum atomic E-state index is -0.483. The van der Waals surface area contributed by atoms with E-state index in [0.29, 0.717) is 16.6 Å². The highest BCUT2D eigenvalue weighted by Gasteiger charge is 2.34. The number of carbonyl (C=O) groups is 1. The maximum atomic E-state index is 13.7. The van der Waals surface area contributed by atoms with E-state index in [1.54, 1.807) is 12.1 Å². The van der Waals surface area contributed by atoms with Crippen molar-refractivity contribution < 1.29 is 9.18 Å². The first kappa shape index (κ1) is 13.1. The van der Waals surface area contributed by atoms with Gasteiger partial charge in [0.05, 0.1) is 5.56 Å². The Bertz CT molecular complexity index is 476. The van der Waals surface area contributed by atoms with Crippen LogP contribution in [0, 0.1) is 5.82 Å². The lowest BCUT2D eigenvalue weighted by Gasteiger charge is -2.29. The van der Waals surface area contributed by atoms with E-state index in [1.807, 2.05) is 0 Å². The zero-order valence-electron chi connectivity index (χ0n) is 10.5. The fourth-order valence-electron chi connectivity index (χ4n) is 3.15. The summed E-state index contributed by atoms with van der Waals surface area (Å²) in [5.74, 6) is -0.806. The van der Waals surface area contributed by atoms with E-state index in [4.69, 9.17) is 0 Å². The van der Waals surface area contributed by atoms with Crippen LogP contribution in [0.25, 0.3) is 0 Å². The van der Waals surface area contributed by atoms with Crippen LogP contribution in [-0.4, -0.2) is 24.0 Å². The van der Waals surface area contributed by atoms with E-state index in [2.05, 4.69) is 26.6 Å². The van der Waals surface area contributed by atoms with Gasteiger partial charge in [-0.1, -0.05) is 6.07 Å². The van der Waals surface area contributed by atoms with Crippen molar-refractivity contribution in [3.63, 3.8) is 0 Å². The third kappa shape index (κ3) is 2.67. The Morgan fingerprint density at radius 2 is 2.00 bits per heavy atom. The summed E-state index contributed by atoms with van der Waals surface area (Å²) in [6, 6.07) is 5.75. The standard InChI is InChI=1S/C14H16BrFN2O/c15-11-2-1-3-12(16)13(11)14(19)18-10-6-8-4-5-9(7-10)17-8/h1-3,8-10,17H,4-7H2,(H,18,19). The van der Waals surface area contributed by atoms with Crippen LogP contribution >= 0.6 is 15.9 Å². The van der Waals surface area contributed by atoms with Gasteiger partial charge in [0.25, 0.3) is 5.91 Å². The monoisotopic (exact) mass is 326 g/mol. The SMILES string of the molecule is O=C(NC1CC2CCC(C1)N2)c1c(F)cccc1Br. The molecule has 2 fully saturated rings. The van der Waals surface area contributed by atoms with Crippen LogP contribution in [0.5, 0.6) is 0 Å². The van der Waals surface area contributed by atoms with Crippen molar-refractivity contribution >= 4 is 21.8 Å². The van der Waals surface area contributed by atoms with Crippen molar-refractivity contribution in [2.24, 2.45) is 0 Å². The molecule has 1 aromatic rings. The number of rotatable bonds is 2. The van der Waals surface area contributed by atoms with Crippen molar-refractivity contribution in [3.05, 3.63) is 34.1 Å². The Morgan fingerprint density at radius 1 is 1.32 bits per heavy atom. The summed E-state index contributed by atoms with van der Waals surface area (Å²) in [6.07, 6.45) is 4.24. The lowest BCUT2D eigenvalue weighted by atomic mass is 9.99. The van der Waals surface area contributed by atoms with E-state index in [0.717, 1.165) is 12.8 Å². The minimum absolute atomic E-state index is 0.105. The molecule has 2 aliphatic rings. The van der Waals surface area contributed by atoms with E-state index >= 15 is 0 Å². The van der Waals surface area contributed by atoms with Gasteiger partial charge in [0.15, 0.2) is 0 Å². The molecule has 0 aliphatic carbocycles. The lowest BCUT2D eigenvalue weighted by Crippen LogP contribution is -2.48. The van der Waals surface area contributed by atoms with E-state index in [-0.39, 0.29) is 17.5 Å². The Morgan fingerprint density at radius 3 is 2.63 bits per heavy atom. The summed E-state index contributed by atoms with van der Waals surface area (Å²) in [5, 5.41) is 6.49. The fraction of sp³-hybridized carbons (Fsp3) is 0.500. The van der Waals surface area contributed by atoms with Gasteiger partial charge in [-0.25, -0.2) is 4.39 Å². The van der Waals surface area contributed by atoms with Crippen molar-refractivity contribution in [3.8, 4) is 0 Å². The van der Waals surface area contributed by atoms with Crippen LogP contribution in [0.1, 0.15) is 36.0 Å². The average molecular weight is 327 g/mol. The second kappa shape index (κ2) is 5.21. The highest BCUT2D eigenvalue weighted by atomic mass is 79.9. The first-order valence-corrected chi connectivity index (χ1v) is 7.43. The normalized spacial score (nSPS) is 29.3. The van der Waals surface area contributed by atoms with Gasteiger partial charge in [-0.15, -0.1) is 0 Å². The average Bonchev–Trinajstić information content (AvgIpc) is 2.68. The number of piperidine rings is 1. The summed E-state index contributed by atoms with van der Waals surface area (Å²) in [4.78, 5) is 12.2. The van der Waals surface area contributed by atoms with Crippen LogP contribution in [0.4, 0.5) is 4.39 Å². The number of halogens is 2. The summed E-state index contributed by atoms with van der Waals surface area (Å²) >= 11 is 3.24. The topological polar surface area (TPSA) is 41.1 Å². The van der Waals surface area contributed by atoms with E-state index in [9.17, 15) is 9.18 Å². The second-order valence-electron chi connectivity index (χ2n) is 5.38. The Kier molecular flexibility index (Phi) is 3.58. The molecule has 1 amide bonds. The van der Waals surface area contributed by atoms with Gasteiger partial charge in [0.2, 0.25) is 0 Å². The molecule has 0 saturated carbocycles. The van der Waals surface area contributed by atoms with Gasteiger partial charge in [-0.3, -0.25) is 4.79 Å². The summed E-state index contributed by atoms with van der Waals surface area (Å²) < 4.78 is 14.2. The fourth-order valence-corrected chi connectivity index (χ4v) is 3.67. The smallest absolute Gasteiger partial charge is 0.255 e. The second-order valence-corrected chi connectivity index (χ2v) is 6.23. The van der Waals surface area contributed by atoms with Gasteiger partial charge < -0.3 is 10.6 Å². The molecule has 102 valence electrons. The molecule has 0 spiro atoms. The third-order valence-corrected chi connectivity index (χ3v) is 4.66. The Hall–Kier alpha value is -0.940. The minimum Gasteiger partial charge on any atom is -0.349 e. The Balaban J connectivity index is 1.71. The first-order chi connectivity index (χ1) is 9.13. The first-order valence-electron chi connectivity index (χ1n) is 6.64. The molecule has 0 aromatic heterocycles. The van der Waals surface area contributed by atoms with Crippen LogP contribution in [-0.2, 0) is 0 Å². The lowest BCUT2D eigenvalue weighted by molar-refractivity contribution is 0.0919. The summed E-state index contributed by atoms with van der Waals surface area (Å²) in [6.45, 7) is 0. The van der Waals surface area contributed by atoms with Crippen molar-refractivity contribution in [1.29, 1.82) is 0 Å². The molecule has 2 atom stereocenters. The highest BCUT2D eigenvalue weighted by molar-refractivity contribution is 9.10. The van der Waals surface area contributed by atoms with Crippen LogP contribution < -0.4 is 10.6 Å². The molecule has 19 heavy (non-hydrogen) atoms. The molecule has 3 rings (SSSR count). The quantitative estimate of drug-likeness (QED) is 0.877. The third-order valence-electron chi connectivity index (χ3n) is 4.00. The van der Waals surface area contributed by atoms with Gasteiger partial charge >= 0.3 is 0 Å². The van der Waals surface area contributed by atoms with E-state index < -0.39 is 5.82 Å². The molecule has 1 aromatic carbocycles. The maximum Gasteiger partial charge on any atom is 0.255 e.